The van der Waals surface area contributed by atoms with Crippen molar-refractivity contribution in [1.29, 1.82) is 0 Å². The Labute approximate surface area is 55.8 Å². The van der Waals surface area contributed by atoms with Crippen molar-refractivity contribution in [3.8, 4) is 0 Å². The molecule has 0 aromatic rings. The molecule has 1 aliphatic heterocycles. The third-order valence-corrected chi connectivity index (χ3v) is 1.56. The van der Waals surface area contributed by atoms with Gasteiger partial charge in [0.1, 0.15) is 0 Å². The van der Waals surface area contributed by atoms with Crippen LogP contribution in [0.3, 0.4) is 0 Å². The van der Waals surface area contributed by atoms with E-state index in [2.05, 4.69) is 10.6 Å². The summed E-state index contributed by atoms with van der Waals surface area (Å²) in [6, 6.07) is 0. The molecule has 1 fully saturated rings. The minimum atomic E-state index is 0.354. The van der Waals surface area contributed by atoms with Crippen LogP contribution in [0.2, 0.25) is 0 Å². The Morgan fingerprint density at radius 3 is 2.22 bits per heavy atom. The lowest BCUT2D eigenvalue weighted by molar-refractivity contribution is 0.108. The highest BCUT2D eigenvalue weighted by Gasteiger charge is 2.08. The molecule has 0 bridgehead atoms. The maximum absolute atomic E-state index is 5.15. The van der Waals surface area contributed by atoms with Gasteiger partial charge in [-0.25, -0.2) is 0 Å². The molecule has 0 aromatic heterocycles. The lowest BCUT2D eigenvalue weighted by Crippen LogP contribution is -2.30. The molecule has 3 heteroatoms. The first-order valence-electron chi connectivity index (χ1n) is 3.37. The predicted molar refractivity (Wildman–Crippen MR) is 36.5 cm³/mol. The van der Waals surface area contributed by atoms with Crippen LogP contribution in [-0.2, 0) is 4.74 Å². The normalized spacial score (nSPS) is 23.7. The van der Waals surface area contributed by atoms with E-state index < -0.39 is 0 Å². The molecule has 0 amide bonds. The van der Waals surface area contributed by atoms with Crippen molar-refractivity contribution in [2.75, 3.05) is 33.3 Å². The molecule has 54 valence electrons. The van der Waals surface area contributed by atoms with Gasteiger partial charge in [-0.3, -0.25) is 0 Å². The van der Waals surface area contributed by atoms with Crippen LogP contribution in [0.5, 0.6) is 0 Å². The third-order valence-electron chi connectivity index (χ3n) is 1.56. The smallest absolute Gasteiger partial charge is 0.0819 e. The van der Waals surface area contributed by atoms with E-state index in [0.717, 1.165) is 26.2 Å². The van der Waals surface area contributed by atoms with Crippen LogP contribution in [-0.4, -0.2) is 39.4 Å². The van der Waals surface area contributed by atoms with Crippen LogP contribution in [0.1, 0.15) is 0 Å². The van der Waals surface area contributed by atoms with Crippen molar-refractivity contribution in [3.63, 3.8) is 0 Å². The van der Waals surface area contributed by atoms with Crippen molar-refractivity contribution in [3.05, 3.63) is 0 Å². The van der Waals surface area contributed by atoms with E-state index in [4.69, 9.17) is 4.74 Å². The molecule has 0 aromatic carbocycles. The summed E-state index contributed by atoms with van der Waals surface area (Å²) in [5.41, 5.74) is 0. The van der Waals surface area contributed by atoms with E-state index in [1.807, 2.05) is 0 Å². The fourth-order valence-corrected chi connectivity index (χ4v) is 0.942. The molecule has 0 saturated carbocycles. The van der Waals surface area contributed by atoms with Crippen molar-refractivity contribution in [2.24, 2.45) is 0 Å². The van der Waals surface area contributed by atoms with E-state index >= 15 is 0 Å². The number of ether oxygens (including phenoxy) is 1. The Kier molecular flexibility index (Phi) is 2.97. The zero-order valence-corrected chi connectivity index (χ0v) is 5.81. The summed E-state index contributed by atoms with van der Waals surface area (Å²) >= 11 is 0. The number of rotatable bonds is 1. The Morgan fingerprint density at radius 2 is 1.78 bits per heavy atom. The van der Waals surface area contributed by atoms with E-state index in [1.54, 1.807) is 7.11 Å². The standard InChI is InChI=1S/C6H14N2O/c1-9-6-4-7-2-3-8-5-6/h6-8H,2-5H2,1H3. The molecule has 1 saturated heterocycles. The Balaban J connectivity index is 2.18. The Hall–Kier alpha value is -0.120. The molecule has 1 heterocycles. The largest absolute Gasteiger partial charge is 0.379 e. The van der Waals surface area contributed by atoms with E-state index in [-0.39, 0.29) is 0 Å². The van der Waals surface area contributed by atoms with Crippen molar-refractivity contribution < 1.29 is 4.74 Å². The highest BCUT2D eigenvalue weighted by Crippen LogP contribution is 1.87. The van der Waals surface area contributed by atoms with Crippen LogP contribution in [0, 0.1) is 0 Å². The first kappa shape index (κ1) is 6.99. The number of methoxy groups -OCH3 is 1. The molecule has 3 nitrogen and oxygen atoms in total. The Morgan fingerprint density at radius 1 is 1.22 bits per heavy atom. The molecule has 0 radical (unpaired) electrons. The van der Waals surface area contributed by atoms with Gasteiger partial charge in [-0.2, -0.15) is 0 Å². The van der Waals surface area contributed by atoms with E-state index in [9.17, 15) is 0 Å². The maximum atomic E-state index is 5.15. The predicted octanol–water partition coefficient (Wildman–Crippen LogP) is -0.806. The van der Waals surface area contributed by atoms with Gasteiger partial charge >= 0.3 is 0 Å². The zero-order chi connectivity index (χ0) is 6.53. The van der Waals surface area contributed by atoms with Gasteiger partial charge in [0.2, 0.25) is 0 Å². The molecule has 0 atom stereocenters. The summed E-state index contributed by atoms with van der Waals surface area (Å²) in [6.07, 6.45) is 0.354. The molecule has 1 rings (SSSR count). The van der Waals surface area contributed by atoms with Crippen LogP contribution in [0.15, 0.2) is 0 Å². The Bertz CT molecular complexity index is 69.5. The van der Waals surface area contributed by atoms with E-state index in [1.165, 1.54) is 0 Å². The summed E-state index contributed by atoms with van der Waals surface area (Å²) in [6.45, 7) is 4.06. The lowest BCUT2D eigenvalue weighted by atomic mass is 10.3. The van der Waals surface area contributed by atoms with Crippen molar-refractivity contribution in [1.82, 2.24) is 10.6 Å². The summed E-state index contributed by atoms with van der Waals surface area (Å²) in [5, 5.41) is 6.52. The maximum Gasteiger partial charge on any atom is 0.0819 e. The highest BCUT2D eigenvalue weighted by molar-refractivity contribution is 4.69. The van der Waals surface area contributed by atoms with Gasteiger partial charge in [0.15, 0.2) is 0 Å². The van der Waals surface area contributed by atoms with Crippen LogP contribution < -0.4 is 10.6 Å². The van der Waals surface area contributed by atoms with Crippen molar-refractivity contribution >= 4 is 0 Å². The van der Waals surface area contributed by atoms with Gasteiger partial charge < -0.3 is 15.4 Å². The number of hydrogen-bond donors (Lipinski definition) is 2. The molecular formula is C6H14N2O. The quantitative estimate of drug-likeness (QED) is 0.487. The van der Waals surface area contributed by atoms with Crippen LogP contribution >= 0.6 is 0 Å². The average molecular weight is 130 g/mol. The molecule has 1 aliphatic rings. The molecule has 2 N–H and O–H groups in total. The second-order valence-corrected chi connectivity index (χ2v) is 2.27. The summed E-state index contributed by atoms with van der Waals surface area (Å²) in [5.74, 6) is 0. The number of nitrogens with one attached hydrogen (secondary N) is 2. The lowest BCUT2D eigenvalue weighted by Gasteiger charge is -2.10. The molecule has 0 spiro atoms. The van der Waals surface area contributed by atoms with Gasteiger partial charge in [-0.05, 0) is 0 Å². The SMILES string of the molecule is COC1CNCCNC1. The molecule has 9 heavy (non-hydrogen) atoms. The molecular weight excluding hydrogens is 116 g/mol. The third kappa shape index (κ3) is 2.30. The molecule has 0 aliphatic carbocycles. The highest BCUT2D eigenvalue weighted by atomic mass is 16.5. The first-order valence-corrected chi connectivity index (χ1v) is 3.37. The average Bonchev–Trinajstić information content (AvgIpc) is 2.13. The van der Waals surface area contributed by atoms with Crippen molar-refractivity contribution in [2.45, 2.75) is 6.10 Å². The first-order chi connectivity index (χ1) is 4.43. The summed E-state index contributed by atoms with van der Waals surface area (Å²) in [4.78, 5) is 0. The topological polar surface area (TPSA) is 33.3 Å². The second kappa shape index (κ2) is 3.82. The number of hydrogen-bond acceptors (Lipinski definition) is 3. The fraction of sp³-hybridized carbons (Fsp3) is 1.00. The minimum absolute atomic E-state index is 0.354. The fourth-order valence-electron chi connectivity index (χ4n) is 0.942. The second-order valence-electron chi connectivity index (χ2n) is 2.27. The van der Waals surface area contributed by atoms with Gasteiger partial charge in [-0.1, -0.05) is 0 Å². The molecule has 0 unspecified atom stereocenters. The van der Waals surface area contributed by atoms with E-state index in [0.29, 0.717) is 6.10 Å². The summed E-state index contributed by atoms with van der Waals surface area (Å²) < 4.78 is 5.15. The van der Waals surface area contributed by atoms with Gasteiger partial charge in [-0.15, -0.1) is 0 Å². The van der Waals surface area contributed by atoms with Gasteiger partial charge in [0.25, 0.3) is 0 Å². The monoisotopic (exact) mass is 130 g/mol. The van der Waals surface area contributed by atoms with Gasteiger partial charge in [0, 0.05) is 33.3 Å². The van der Waals surface area contributed by atoms with Crippen LogP contribution in [0.25, 0.3) is 0 Å². The minimum Gasteiger partial charge on any atom is -0.379 e. The summed E-state index contributed by atoms with van der Waals surface area (Å²) in [7, 11) is 1.75. The zero-order valence-electron chi connectivity index (χ0n) is 5.81. The van der Waals surface area contributed by atoms with Gasteiger partial charge in [0.05, 0.1) is 6.10 Å². The van der Waals surface area contributed by atoms with Crippen LogP contribution in [0.4, 0.5) is 0 Å².